The lowest BCUT2D eigenvalue weighted by atomic mass is 10.1. The molecule has 0 bridgehead atoms. The first-order valence-electron chi connectivity index (χ1n) is 5.07. The zero-order chi connectivity index (χ0) is 12.1. The van der Waals surface area contributed by atoms with Gasteiger partial charge < -0.3 is 5.32 Å². The van der Waals surface area contributed by atoms with E-state index >= 15 is 0 Å². The molecule has 0 saturated carbocycles. The molecule has 5 nitrogen and oxygen atoms in total. The van der Waals surface area contributed by atoms with Crippen LogP contribution in [0.15, 0.2) is 35.4 Å². The monoisotopic (exact) mass is 249 g/mol. The van der Waals surface area contributed by atoms with Gasteiger partial charge in [-0.3, -0.25) is 9.59 Å². The third-order valence-corrected chi connectivity index (χ3v) is 2.95. The van der Waals surface area contributed by atoms with Crippen molar-refractivity contribution in [2.24, 2.45) is 5.10 Å². The molecule has 0 aliphatic carbocycles. The number of amidine groups is 1. The number of nitrogens with zero attached hydrogens (tertiary/aromatic N) is 1. The molecule has 1 saturated heterocycles. The third kappa shape index (κ3) is 3.60. The van der Waals surface area contributed by atoms with Crippen LogP contribution in [0.2, 0.25) is 0 Å². The minimum atomic E-state index is -0.203. The highest BCUT2D eigenvalue weighted by atomic mass is 32.2. The molecule has 0 radical (unpaired) electrons. The first-order chi connectivity index (χ1) is 8.24. The van der Waals surface area contributed by atoms with Gasteiger partial charge in [-0.05, 0) is 5.56 Å². The minimum Gasteiger partial charge on any atom is -0.303 e. The lowest BCUT2D eigenvalue weighted by molar-refractivity contribution is -0.120. The Kier molecular flexibility index (Phi) is 3.77. The van der Waals surface area contributed by atoms with Crippen LogP contribution in [0.4, 0.5) is 0 Å². The number of hydrogen-bond donors (Lipinski definition) is 2. The van der Waals surface area contributed by atoms with Gasteiger partial charge in [-0.2, -0.15) is 0 Å². The zero-order valence-corrected chi connectivity index (χ0v) is 9.79. The maximum Gasteiger partial charge on any atom is 0.244 e. The van der Waals surface area contributed by atoms with E-state index in [0.29, 0.717) is 10.9 Å². The van der Waals surface area contributed by atoms with Crippen LogP contribution in [0.3, 0.4) is 0 Å². The largest absolute Gasteiger partial charge is 0.303 e. The number of rotatable bonds is 3. The van der Waals surface area contributed by atoms with Crippen LogP contribution in [0.1, 0.15) is 5.56 Å². The van der Waals surface area contributed by atoms with E-state index in [1.807, 2.05) is 30.3 Å². The smallest absolute Gasteiger partial charge is 0.244 e. The lowest BCUT2D eigenvalue weighted by Crippen LogP contribution is -2.26. The van der Waals surface area contributed by atoms with E-state index in [1.54, 1.807) is 0 Å². The summed E-state index contributed by atoms with van der Waals surface area (Å²) < 4.78 is 0. The highest BCUT2D eigenvalue weighted by molar-refractivity contribution is 8.15. The third-order valence-electron chi connectivity index (χ3n) is 2.08. The zero-order valence-electron chi connectivity index (χ0n) is 8.97. The molecule has 1 heterocycles. The fourth-order valence-electron chi connectivity index (χ4n) is 1.32. The Hall–Kier alpha value is -1.82. The van der Waals surface area contributed by atoms with Gasteiger partial charge in [0.25, 0.3) is 0 Å². The second kappa shape index (κ2) is 5.49. The van der Waals surface area contributed by atoms with Crippen LogP contribution in [0, 0.1) is 0 Å². The second-order valence-electron chi connectivity index (χ2n) is 3.45. The van der Waals surface area contributed by atoms with E-state index in [1.165, 1.54) is 11.8 Å². The number of benzene rings is 1. The number of hydrazone groups is 1. The Bertz CT molecular complexity index is 459. The van der Waals surface area contributed by atoms with Crippen molar-refractivity contribution in [1.29, 1.82) is 0 Å². The first kappa shape index (κ1) is 11.7. The van der Waals surface area contributed by atoms with Crippen LogP contribution in [-0.2, 0) is 16.0 Å². The van der Waals surface area contributed by atoms with Crippen molar-refractivity contribution in [1.82, 2.24) is 10.7 Å². The summed E-state index contributed by atoms with van der Waals surface area (Å²) in [5, 5.41) is 6.79. The number of hydrogen-bond acceptors (Lipinski definition) is 4. The molecule has 17 heavy (non-hydrogen) atoms. The summed E-state index contributed by atoms with van der Waals surface area (Å²) in [7, 11) is 0. The molecule has 1 fully saturated rings. The molecule has 1 aliphatic rings. The van der Waals surface area contributed by atoms with Crippen LogP contribution in [0.5, 0.6) is 0 Å². The quantitative estimate of drug-likeness (QED) is 0.765. The average molecular weight is 249 g/mol. The second-order valence-corrected chi connectivity index (χ2v) is 4.42. The van der Waals surface area contributed by atoms with E-state index < -0.39 is 0 Å². The lowest BCUT2D eigenvalue weighted by Gasteiger charge is -2.00. The van der Waals surface area contributed by atoms with E-state index in [-0.39, 0.29) is 18.2 Å². The molecule has 0 atom stereocenters. The summed E-state index contributed by atoms with van der Waals surface area (Å²) in [6.45, 7) is 0. The van der Waals surface area contributed by atoms with Gasteiger partial charge in [0.1, 0.15) is 0 Å². The molecule has 88 valence electrons. The Balaban J connectivity index is 1.84. The van der Waals surface area contributed by atoms with Gasteiger partial charge in [0, 0.05) is 0 Å². The molecule has 0 spiro atoms. The summed E-state index contributed by atoms with van der Waals surface area (Å²) >= 11 is 1.27. The number of nitrogens with one attached hydrogen (secondary N) is 2. The van der Waals surface area contributed by atoms with Crippen molar-refractivity contribution in [2.75, 3.05) is 5.75 Å². The van der Waals surface area contributed by atoms with Crippen LogP contribution < -0.4 is 10.7 Å². The molecule has 0 aromatic heterocycles. The number of thioether (sulfide) groups is 1. The minimum absolute atomic E-state index is 0.0916. The van der Waals surface area contributed by atoms with Gasteiger partial charge in [-0.15, -0.1) is 5.10 Å². The molecule has 2 rings (SSSR count). The number of carbonyl (C=O) groups excluding carboxylic acids is 2. The standard InChI is InChI=1S/C11H11N3O2S/c15-9(6-8-4-2-1-3-5-8)13-14-11-12-10(16)7-17-11/h1-5H,6-7H2,(H,13,15)(H,12,14,16). The SMILES string of the molecule is O=C(Cc1ccccc1)N/N=C1/NC(=O)CS1. The van der Waals surface area contributed by atoms with Gasteiger partial charge in [0.15, 0.2) is 5.17 Å². The van der Waals surface area contributed by atoms with E-state index in [4.69, 9.17) is 0 Å². The molecule has 2 amide bonds. The van der Waals surface area contributed by atoms with E-state index in [0.717, 1.165) is 5.56 Å². The van der Waals surface area contributed by atoms with Crippen molar-refractivity contribution >= 4 is 28.7 Å². The molecule has 1 aliphatic heterocycles. The Morgan fingerprint density at radius 3 is 2.82 bits per heavy atom. The fraction of sp³-hybridized carbons (Fsp3) is 0.182. The normalized spacial score (nSPS) is 16.9. The van der Waals surface area contributed by atoms with Crippen molar-refractivity contribution in [3.8, 4) is 0 Å². The Labute approximate surface area is 103 Å². The maximum atomic E-state index is 11.5. The van der Waals surface area contributed by atoms with Gasteiger partial charge in [0.2, 0.25) is 11.8 Å². The predicted molar refractivity (Wildman–Crippen MR) is 66.3 cm³/mol. The topological polar surface area (TPSA) is 70.6 Å². The molecule has 0 unspecified atom stereocenters. The van der Waals surface area contributed by atoms with Crippen LogP contribution in [0.25, 0.3) is 0 Å². The van der Waals surface area contributed by atoms with Crippen LogP contribution >= 0.6 is 11.8 Å². The number of carbonyl (C=O) groups is 2. The Morgan fingerprint density at radius 2 is 2.18 bits per heavy atom. The summed E-state index contributed by atoms with van der Waals surface area (Å²) in [6, 6.07) is 9.40. The van der Waals surface area contributed by atoms with E-state index in [9.17, 15) is 9.59 Å². The maximum absolute atomic E-state index is 11.5. The molecule has 1 aromatic rings. The molecule has 2 N–H and O–H groups in total. The van der Waals surface area contributed by atoms with Gasteiger partial charge in [-0.1, -0.05) is 42.1 Å². The molecular formula is C11H11N3O2S. The first-order valence-corrected chi connectivity index (χ1v) is 6.06. The highest BCUT2D eigenvalue weighted by Crippen LogP contribution is 2.07. The average Bonchev–Trinajstić information content (AvgIpc) is 2.74. The summed E-state index contributed by atoms with van der Waals surface area (Å²) in [4.78, 5) is 22.4. The van der Waals surface area contributed by atoms with Crippen molar-refractivity contribution in [3.63, 3.8) is 0 Å². The van der Waals surface area contributed by atoms with Crippen molar-refractivity contribution in [2.45, 2.75) is 6.42 Å². The number of amides is 2. The van der Waals surface area contributed by atoms with Crippen molar-refractivity contribution < 1.29 is 9.59 Å². The van der Waals surface area contributed by atoms with E-state index in [2.05, 4.69) is 15.8 Å². The summed E-state index contributed by atoms with van der Waals surface area (Å²) in [6.07, 6.45) is 0.274. The Morgan fingerprint density at radius 1 is 1.41 bits per heavy atom. The summed E-state index contributed by atoms with van der Waals surface area (Å²) in [5.41, 5.74) is 3.33. The summed E-state index contributed by atoms with van der Waals surface area (Å²) in [5.74, 6) is 0.0597. The molecule has 6 heteroatoms. The fourth-order valence-corrected chi connectivity index (χ4v) is 1.96. The molecule has 1 aromatic carbocycles. The van der Waals surface area contributed by atoms with Gasteiger partial charge >= 0.3 is 0 Å². The predicted octanol–water partition coefficient (Wildman–Crippen LogP) is 0.479. The van der Waals surface area contributed by atoms with Crippen molar-refractivity contribution in [3.05, 3.63) is 35.9 Å². The molecular weight excluding hydrogens is 238 g/mol. The van der Waals surface area contributed by atoms with Gasteiger partial charge in [0.05, 0.1) is 12.2 Å². The van der Waals surface area contributed by atoms with Crippen LogP contribution in [-0.4, -0.2) is 22.7 Å². The van der Waals surface area contributed by atoms with Gasteiger partial charge in [-0.25, -0.2) is 5.43 Å². The highest BCUT2D eigenvalue weighted by Gasteiger charge is 2.16.